The van der Waals surface area contributed by atoms with Crippen molar-refractivity contribution in [2.24, 2.45) is 5.41 Å². The number of aryl methyl sites for hydroxylation is 1. The molecule has 0 amide bonds. The fraction of sp³-hybridized carbons (Fsp3) is 0.611. The first kappa shape index (κ1) is 16.3. The Balaban J connectivity index is 1.61. The SMILES string of the molecule is Cc1ccc(-c2[nH]ncc2CNCC2(CCO)CCCCC2)o1. The zero-order valence-electron chi connectivity index (χ0n) is 13.9. The van der Waals surface area contributed by atoms with Gasteiger partial charge in [-0.3, -0.25) is 5.10 Å². The Morgan fingerprint density at radius 1 is 1.30 bits per heavy atom. The van der Waals surface area contributed by atoms with E-state index in [1.165, 1.54) is 32.1 Å². The topological polar surface area (TPSA) is 74.1 Å². The normalized spacial score (nSPS) is 17.5. The molecular weight excluding hydrogens is 290 g/mol. The van der Waals surface area contributed by atoms with Gasteiger partial charge in [-0.1, -0.05) is 19.3 Å². The van der Waals surface area contributed by atoms with Crippen molar-refractivity contribution in [2.45, 2.75) is 52.0 Å². The minimum absolute atomic E-state index is 0.262. The highest BCUT2D eigenvalue weighted by molar-refractivity contribution is 5.56. The third-order valence-corrected chi connectivity index (χ3v) is 5.08. The molecule has 5 nitrogen and oxygen atoms in total. The third kappa shape index (κ3) is 3.85. The van der Waals surface area contributed by atoms with E-state index < -0.39 is 0 Å². The van der Waals surface area contributed by atoms with E-state index in [1.54, 1.807) is 0 Å². The predicted molar refractivity (Wildman–Crippen MR) is 90.0 cm³/mol. The maximum absolute atomic E-state index is 9.41. The smallest absolute Gasteiger partial charge is 0.152 e. The van der Waals surface area contributed by atoms with E-state index >= 15 is 0 Å². The number of aromatic amines is 1. The molecule has 0 aliphatic heterocycles. The van der Waals surface area contributed by atoms with Crippen LogP contribution in [0.4, 0.5) is 0 Å². The first-order chi connectivity index (χ1) is 11.2. The molecular formula is C18H27N3O2. The zero-order valence-corrected chi connectivity index (χ0v) is 13.9. The zero-order chi connectivity index (χ0) is 16.1. The minimum Gasteiger partial charge on any atom is -0.460 e. The molecule has 2 aromatic rings. The number of aliphatic hydroxyl groups is 1. The Labute approximate surface area is 137 Å². The van der Waals surface area contributed by atoms with Crippen molar-refractivity contribution in [1.82, 2.24) is 15.5 Å². The van der Waals surface area contributed by atoms with E-state index in [0.29, 0.717) is 0 Å². The van der Waals surface area contributed by atoms with Crippen LogP contribution in [-0.2, 0) is 6.54 Å². The van der Waals surface area contributed by atoms with Crippen LogP contribution in [0.25, 0.3) is 11.5 Å². The predicted octanol–water partition coefficient (Wildman–Crippen LogP) is 3.40. The fourth-order valence-corrected chi connectivity index (χ4v) is 3.74. The van der Waals surface area contributed by atoms with Crippen LogP contribution in [0.5, 0.6) is 0 Å². The number of aromatic nitrogens is 2. The van der Waals surface area contributed by atoms with E-state index in [-0.39, 0.29) is 12.0 Å². The summed E-state index contributed by atoms with van der Waals surface area (Å²) in [6.07, 6.45) is 9.09. The van der Waals surface area contributed by atoms with Gasteiger partial charge in [-0.15, -0.1) is 0 Å². The molecule has 0 bridgehead atoms. The number of nitrogens with zero attached hydrogens (tertiary/aromatic N) is 1. The number of H-pyrrole nitrogens is 1. The van der Waals surface area contributed by atoms with Gasteiger partial charge in [-0.05, 0) is 43.7 Å². The quantitative estimate of drug-likeness (QED) is 0.731. The first-order valence-electron chi connectivity index (χ1n) is 8.63. The summed E-state index contributed by atoms with van der Waals surface area (Å²) >= 11 is 0. The van der Waals surface area contributed by atoms with E-state index in [4.69, 9.17) is 4.42 Å². The fourth-order valence-electron chi connectivity index (χ4n) is 3.74. The first-order valence-corrected chi connectivity index (χ1v) is 8.63. The molecule has 1 fully saturated rings. The van der Waals surface area contributed by atoms with Gasteiger partial charge in [0.1, 0.15) is 11.5 Å². The summed E-state index contributed by atoms with van der Waals surface area (Å²) in [5.74, 6) is 1.73. The lowest BCUT2D eigenvalue weighted by molar-refractivity contribution is 0.126. The third-order valence-electron chi connectivity index (χ3n) is 5.08. The van der Waals surface area contributed by atoms with E-state index in [9.17, 15) is 5.11 Å². The van der Waals surface area contributed by atoms with Gasteiger partial charge >= 0.3 is 0 Å². The number of hydrogen-bond acceptors (Lipinski definition) is 4. The monoisotopic (exact) mass is 317 g/mol. The van der Waals surface area contributed by atoms with Crippen LogP contribution in [0.2, 0.25) is 0 Å². The average Bonchev–Trinajstić information content (AvgIpc) is 3.17. The molecule has 2 aromatic heterocycles. The van der Waals surface area contributed by atoms with Gasteiger partial charge < -0.3 is 14.8 Å². The van der Waals surface area contributed by atoms with Gasteiger partial charge in [0.2, 0.25) is 0 Å². The molecule has 3 N–H and O–H groups in total. The summed E-state index contributed by atoms with van der Waals surface area (Å²) in [6.45, 7) is 3.94. The second-order valence-corrected chi connectivity index (χ2v) is 6.82. The van der Waals surface area contributed by atoms with Crippen molar-refractivity contribution in [3.8, 4) is 11.5 Å². The number of hydrogen-bond donors (Lipinski definition) is 3. The Kier molecular flexibility index (Phi) is 5.18. The number of aliphatic hydroxyl groups excluding tert-OH is 1. The molecule has 5 heteroatoms. The summed E-state index contributed by atoms with van der Waals surface area (Å²) in [7, 11) is 0. The van der Waals surface area contributed by atoms with E-state index in [2.05, 4.69) is 15.5 Å². The molecule has 0 atom stereocenters. The molecule has 23 heavy (non-hydrogen) atoms. The summed E-state index contributed by atoms with van der Waals surface area (Å²) in [5.41, 5.74) is 2.33. The second-order valence-electron chi connectivity index (χ2n) is 6.82. The van der Waals surface area contributed by atoms with Crippen LogP contribution < -0.4 is 5.32 Å². The van der Waals surface area contributed by atoms with Crippen LogP contribution in [0, 0.1) is 12.3 Å². The van der Waals surface area contributed by atoms with Gasteiger partial charge in [0.15, 0.2) is 5.76 Å². The Morgan fingerprint density at radius 2 is 2.13 bits per heavy atom. The van der Waals surface area contributed by atoms with Gasteiger partial charge in [0, 0.05) is 25.3 Å². The highest BCUT2D eigenvalue weighted by Gasteiger charge is 2.31. The number of furan rings is 1. The summed E-state index contributed by atoms with van der Waals surface area (Å²) in [5, 5.41) is 20.2. The molecule has 1 aliphatic carbocycles. The maximum atomic E-state index is 9.41. The van der Waals surface area contributed by atoms with Crippen molar-refractivity contribution in [3.05, 3.63) is 29.7 Å². The van der Waals surface area contributed by atoms with Crippen molar-refractivity contribution < 1.29 is 9.52 Å². The summed E-state index contributed by atoms with van der Waals surface area (Å²) in [4.78, 5) is 0. The molecule has 0 unspecified atom stereocenters. The molecule has 0 saturated heterocycles. The lowest BCUT2D eigenvalue weighted by atomic mass is 9.72. The molecule has 3 rings (SSSR count). The molecule has 2 heterocycles. The van der Waals surface area contributed by atoms with Crippen LogP contribution in [-0.4, -0.2) is 28.5 Å². The Morgan fingerprint density at radius 3 is 2.83 bits per heavy atom. The van der Waals surface area contributed by atoms with Crippen molar-refractivity contribution in [1.29, 1.82) is 0 Å². The number of nitrogens with one attached hydrogen (secondary N) is 2. The maximum Gasteiger partial charge on any atom is 0.152 e. The Hall–Kier alpha value is -1.59. The van der Waals surface area contributed by atoms with Gasteiger partial charge in [0.05, 0.1) is 6.20 Å². The van der Waals surface area contributed by atoms with E-state index in [1.807, 2.05) is 25.3 Å². The second kappa shape index (κ2) is 7.32. The van der Waals surface area contributed by atoms with Crippen LogP contribution in [0.1, 0.15) is 49.8 Å². The van der Waals surface area contributed by atoms with Gasteiger partial charge in [0.25, 0.3) is 0 Å². The standard InChI is InChI=1S/C18H27N3O2/c1-14-5-6-16(23-14)17-15(12-20-21-17)11-19-13-18(9-10-22)7-3-2-4-8-18/h5-6,12,19,22H,2-4,7-11,13H2,1H3,(H,20,21). The summed E-state index contributed by atoms with van der Waals surface area (Å²) < 4.78 is 5.69. The highest BCUT2D eigenvalue weighted by Crippen LogP contribution is 2.38. The molecule has 0 aromatic carbocycles. The molecule has 1 saturated carbocycles. The van der Waals surface area contributed by atoms with Gasteiger partial charge in [-0.25, -0.2) is 0 Å². The van der Waals surface area contributed by atoms with Crippen LogP contribution in [0.3, 0.4) is 0 Å². The van der Waals surface area contributed by atoms with Crippen LogP contribution in [0.15, 0.2) is 22.7 Å². The molecule has 0 radical (unpaired) electrons. The van der Waals surface area contributed by atoms with Gasteiger partial charge in [-0.2, -0.15) is 5.10 Å². The molecule has 126 valence electrons. The average molecular weight is 317 g/mol. The lowest BCUT2D eigenvalue weighted by Gasteiger charge is -2.37. The Bertz CT molecular complexity index is 606. The van der Waals surface area contributed by atoms with Crippen molar-refractivity contribution in [3.63, 3.8) is 0 Å². The van der Waals surface area contributed by atoms with E-state index in [0.717, 1.165) is 42.3 Å². The summed E-state index contributed by atoms with van der Waals surface area (Å²) in [6, 6.07) is 3.94. The van der Waals surface area contributed by atoms with Crippen molar-refractivity contribution >= 4 is 0 Å². The minimum atomic E-state index is 0.262. The molecule has 1 aliphatic rings. The van der Waals surface area contributed by atoms with Crippen molar-refractivity contribution in [2.75, 3.05) is 13.2 Å². The lowest BCUT2D eigenvalue weighted by Crippen LogP contribution is -2.36. The van der Waals surface area contributed by atoms with Crippen LogP contribution >= 0.6 is 0 Å². The molecule has 0 spiro atoms. The number of rotatable bonds is 7. The highest BCUT2D eigenvalue weighted by atomic mass is 16.3. The largest absolute Gasteiger partial charge is 0.460 e.